The van der Waals surface area contributed by atoms with Crippen molar-refractivity contribution in [2.45, 2.75) is 42.9 Å². The Kier molecular flexibility index (Phi) is 4.84. The van der Waals surface area contributed by atoms with E-state index in [1.807, 2.05) is 0 Å². The largest absolute Gasteiger partial charge is 0.143 e. The molecule has 154 valence electrons. The molecule has 0 atom stereocenters. The van der Waals surface area contributed by atoms with Crippen LogP contribution in [0.5, 0.6) is 0 Å². The zero-order valence-electron chi connectivity index (χ0n) is 18.3. The summed E-state index contributed by atoms with van der Waals surface area (Å²) in [6.45, 7) is 8.64. The number of thiol groups is 2. The summed E-state index contributed by atoms with van der Waals surface area (Å²) in [5.41, 5.74) is 12.4. The van der Waals surface area contributed by atoms with Crippen molar-refractivity contribution in [1.82, 2.24) is 0 Å². The second-order valence-electron chi connectivity index (χ2n) is 8.76. The summed E-state index contributed by atoms with van der Waals surface area (Å²) in [7, 11) is 0. The lowest BCUT2D eigenvalue weighted by atomic mass is 9.66. The Bertz CT molecular complexity index is 1200. The van der Waals surface area contributed by atoms with Gasteiger partial charge < -0.3 is 0 Å². The lowest BCUT2D eigenvalue weighted by Gasteiger charge is -2.35. The van der Waals surface area contributed by atoms with Crippen LogP contribution < -0.4 is 0 Å². The molecular formula is C29H26S2. The average Bonchev–Trinajstić information content (AvgIpc) is 3.06. The van der Waals surface area contributed by atoms with Crippen LogP contribution in [-0.2, 0) is 5.41 Å². The lowest BCUT2D eigenvalue weighted by Crippen LogP contribution is -2.29. The maximum absolute atomic E-state index is 4.76. The summed E-state index contributed by atoms with van der Waals surface area (Å²) < 4.78 is 0. The topological polar surface area (TPSA) is 0 Å². The number of hydrogen-bond donors (Lipinski definition) is 2. The Balaban J connectivity index is 2.00. The maximum Gasteiger partial charge on any atom is 0.0713 e. The average molecular weight is 439 g/mol. The highest BCUT2D eigenvalue weighted by Crippen LogP contribution is 2.56. The van der Waals surface area contributed by atoms with E-state index in [2.05, 4.69) is 100 Å². The smallest absolute Gasteiger partial charge is 0.0713 e. The van der Waals surface area contributed by atoms with Crippen LogP contribution in [0.2, 0.25) is 0 Å². The molecule has 31 heavy (non-hydrogen) atoms. The van der Waals surface area contributed by atoms with E-state index in [0.717, 1.165) is 9.79 Å². The van der Waals surface area contributed by atoms with Crippen LogP contribution in [0.25, 0.3) is 11.1 Å². The van der Waals surface area contributed by atoms with E-state index in [-0.39, 0.29) is 5.41 Å². The van der Waals surface area contributed by atoms with Gasteiger partial charge in [0.1, 0.15) is 0 Å². The van der Waals surface area contributed by atoms with Crippen LogP contribution in [0.4, 0.5) is 0 Å². The summed E-state index contributed by atoms with van der Waals surface area (Å²) in [6, 6.07) is 27.0. The molecular weight excluding hydrogens is 412 g/mol. The molecule has 0 saturated heterocycles. The van der Waals surface area contributed by atoms with Crippen LogP contribution >= 0.6 is 25.3 Å². The van der Waals surface area contributed by atoms with Crippen molar-refractivity contribution in [3.63, 3.8) is 0 Å². The van der Waals surface area contributed by atoms with E-state index in [0.29, 0.717) is 0 Å². The Morgan fingerprint density at radius 3 is 1.19 bits per heavy atom. The molecule has 0 aromatic heterocycles. The second-order valence-corrected chi connectivity index (χ2v) is 9.65. The summed E-state index contributed by atoms with van der Waals surface area (Å²) in [5.74, 6) is 0. The van der Waals surface area contributed by atoms with E-state index in [9.17, 15) is 0 Å². The summed E-state index contributed by atoms with van der Waals surface area (Å²) in [5, 5.41) is 0. The molecule has 5 rings (SSSR count). The van der Waals surface area contributed by atoms with Crippen molar-refractivity contribution in [3.8, 4) is 11.1 Å². The Hall–Kier alpha value is -2.42. The number of rotatable bonds is 2. The fraction of sp³-hybridized carbons (Fsp3) is 0.172. The molecule has 4 aromatic carbocycles. The molecule has 0 aliphatic heterocycles. The van der Waals surface area contributed by atoms with E-state index < -0.39 is 0 Å². The van der Waals surface area contributed by atoms with Crippen LogP contribution in [0.15, 0.2) is 82.6 Å². The van der Waals surface area contributed by atoms with Gasteiger partial charge >= 0.3 is 0 Å². The highest BCUT2D eigenvalue weighted by Gasteiger charge is 2.46. The molecule has 0 spiro atoms. The molecule has 0 amide bonds. The maximum atomic E-state index is 4.76. The standard InChI is InChI=1S/C29H26S2/c1-17-13-21(14-18(2)27(17)30)29(22-15-19(3)28(31)20(4)16-22)25-11-7-5-9-23(25)24-10-6-8-12-26(24)29/h5-16,30-31H,1-4H3. The van der Waals surface area contributed by atoms with Crippen molar-refractivity contribution < 1.29 is 0 Å². The summed E-state index contributed by atoms with van der Waals surface area (Å²) >= 11 is 9.53. The first-order valence-corrected chi connectivity index (χ1v) is 11.6. The zero-order chi connectivity index (χ0) is 21.9. The van der Waals surface area contributed by atoms with Gasteiger partial charge in [-0.05, 0) is 83.3 Å². The first-order valence-electron chi connectivity index (χ1n) is 10.7. The normalized spacial score (nSPS) is 13.7. The van der Waals surface area contributed by atoms with E-state index in [4.69, 9.17) is 25.3 Å². The highest BCUT2D eigenvalue weighted by molar-refractivity contribution is 7.80. The quantitative estimate of drug-likeness (QED) is 0.257. The SMILES string of the molecule is Cc1cc(C2(c3cc(C)c(S)c(C)c3)c3ccccc3-c3ccccc32)cc(C)c1S. The molecule has 0 nitrogen and oxygen atoms in total. The minimum Gasteiger partial charge on any atom is -0.143 e. The van der Waals surface area contributed by atoms with E-state index in [1.54, 1.807) is 0 Å². The Morgan fingerprint density at radius 1 is 0.516 bits per heavy atom. The summed E-state index contributed by atoms with van der Waals surface area (Å²) in [6.07, 6.45) is 0. The van der Waals surface area contributed by atoms with Gasteiger partial charge in [0, 0.05) is 9.79 Å². The minimum absolute atomic E-state index is 0.374. The van der Waals surface area contributed by atoms with E-state index in [1.165, 1.54) is 55.6 Å². The van der Waals surface area contributed by atoms with Gasteiger partial charge in [0.05, 0.1) is 5.41 Å². The molecule has 0 unspecified atom stereocenters. The van der Waals surface area contributed by atoms with Crippen molar-refractivity contribution in [3.05, 3.63) is 117 Å². The van der Waals surface area contributed by atoms with E-state index >= 15 is 0 Å². The van der Waals surface area contributed by atoms with Crippen molar-refractivity contribution in [1.29, 1.82) is 0 Å². The third-order valence-corrected chi connectivity index (χ3v) is 8.21. The molecule has 4 aromatic rings. The number of aryl methyl sites for hydroxylation is 4. The monoisotopic (exact) mass is 438 g/mol. The van der Waals surface area contributed by atoms with Gasteiger partial charge in [-0.3, -0.25) is 0 Å². The number of hydrogen-bond acceptors (Lipinski definition) is 2. The Labute approximate surface area is 196 Å². The molecule has 0 heterocycles. The zero-order valence-corrected chi connectivity index (χ0v) is 20.1. The van der Waals surface area contributed by atoms with Gasteiger partial charge in [-0.2, -0.15) is 0 Å². The van der Waals surface area contributed by atoms with Crippen molar-refractivity contribution in [2.24, 2.45) is 0 Å². The van der Waals surface area contributed by atoms with Gasteiger partial charge in [-0.15, -0.1) is 25.3 Å². The molecule has 0 radical (unpaired) electrons. The highest BCUT2D eigenvalue weighted by atomic mass is 32.1. The predicted molar refractivity (Wildman–Crippen MR) is 137 cm³/mol. The van der Waals surface area contributed by atoms with Gasteiger partial charge in [0.2, 0.25) is 0 Å². The molecule has 1 aliphatic carbocycles. The fourth-order valence-electron chi connectivity index (χ4n) is 5.37. The Morgan fingerprint density at radius 2 is 0.839 bits per heavy atom. The third-order valence-electron chi connectivity index (χ3n) is 6.80. The van der Waals surface area contributed by atoms with Crippen molar-refractivity contribution >= 4 is 25.3 Å². The van der Waals surface area contributed by atoms with Gasteiger partial charge in [-0.1, -0.05) is 72.8 Å². The molecule has 0 saturated carbocycles. The van der Waals surface area contributed by atoms with Gasteiger partial charge in [-0.25, -0.2) is 0 Å². The second kappa shape index (κ2) is 7.32. The van der Waals surface area contributed by atoms with Crippen LogP contribution in [0.3, 0.4) is 0 Å². The fourth-order valence-corrected chi connectivity index (χ4v) is 5.63. The third kappa shape index (κ3) is 2.85. The van der Waals surface area contributed by atoms with Crippen LogP contribution in [0, 0.1) is 27.7 Å². The lowest BCUT2D eigenvalue weighted by molar-refractivity contribution is 0.759. The first-order chi connectivity index (χ1) is 14.9. The first kappa shape index (κ1) is 20.5. The van der Waals surface area contributed by atoms with Crippen molar-refractivity contribution in [2.75, 3.05) is 0 Å². The summed E-state index contributed by atoms with van der Waals surface area (Å²) in [4.78, 5) is 2.13. The minimum atomic E-state index is -0.374. The number of fused-ring (bicyclic) bond motifs is 3. The number of benzene rings is 4. The molecule has 0 fully saturated rings. The van der Waals surface area contributed by atoms with Crippen LogP contribution in [0.1, 0.15) is 44.5 Å². The van der Waals surface area contributed by atoms with Gasteiger partial charge in [0.15, 0.2) is 0 Å². The molecule has 1 aliphatic rings. The molecule has 0 N–H and O–H groups in total. The predicted octanol–water partition coefficient (Wildman–Crippen LogP) is 7.86. The van der Waals surface area contributed by atoms with Crippen LogP contribution in [-0.4, -0.2) is 0 Å². The van der Waals surface area contributed by atoms with Gasteiger partial charge in [0.25, 0.3) is 0 Å². The molecule has 0 bridgehead atoms. The molecule has 2 heteroatoms.